The molecule has 5 heteroatoms. The zero-order valence-corrected chi connectivity index (χ0v) is 19.0. The fourth-order valence-electron chi connectivity index (χ4n) is 4.58. The summed E-state index contributed by atoms with van der Waals surface area (Å²) < 4.78 is 16.9. The van der Waals surface area contributed by atoms with Gasteiger partial charge in [0.15, 0.2) is 0 Å². The molecule has 0 spiro atoms. The topological polar surface area (TPSA) is 40.4 Å². The monoisotopic (exact) mass is 440 g/mol. The van der Waals surface area contributed by atoms with Crippen molar-refractivity contribution in [2.24, 2.45) is 0 Å². The van der Waals surface area contributed by atoms with E-state index >= 15 is 0 Å². The number of hydrogen-bond acceptors (Lipinski definition) is 2. The minimum absolute atomic E-state index is 0.0324. The summed E-state index contributed by atoms with van der Waals surface area (Å²) in [5, 5.41) is 3.69. The predicted molar refractivity (Wildman–Crippen MR) is 131 cm³/mol. The Morgan fingerprint density at radius 2 is 1.28 bits per heavy atom. The van der Waals surface area contributed by atoms with E-state index in [9.17, 15) is 9.36 Å². The molecule has 0 aromatic heterocycles. The lowest BCUT2D eigenvalue weighted by molar-refractivity contribution is -0.128. The van der Waals surface area contributed by atoms with Gasteiger partial charge < -0.3 is 4.90 Å². The third-order valence-electron chi connectivity index (χ3n) is 6.15. The number of fused-ring (bicyclic) bond motifs is 1. The van der Waals surface area contributed by atoms with Crippen molar-refractivity contribution in [3.05, 3.63) is 109 Å². The highest BCUT2D eigenvalue weighted by molar-refractivity contribution is 7.76. The van der Waals surface area contributed by atoms with Crippen molar-refractivity contribution < 1.29 is 9.36 Å². The minimum Gasteiger partial charge on any atom is -0.347 e. The van der Waals surface area contributed by atoms with E-state index in [1.807, 2.05) is 83.5 Å². The Morgan fingerprint density at radius 1 is 0.750 bits per heavy atom. The quantitative estimate of drug-likeness (QED) is 0.337. The van der Waals surface area contributed by atoms with Crippen LogP contribution in [-0.4, -0.2) is 35.6 Å². The molecule has 0 bridgehead atoms. The normalized spacial score (nSPS) is 20.1. The Kier molecular flexibility index (Phi) is 5.21. The number of hydrogen-bond donors (Lipinski definition) is 0. The lowest BCUT2D eigenvalue weighted by Crippen LogP contribution is -2.30. The van der Waals surface area contributed by atoms with Crippen LogP contribution in [0.1, 0.15) is 11.6 Å². The summed E-state index contributed by atoms with van der Waals surface area (Å²) in [5.74, 6) is -0.0324. The van der Waals surface area contributed by atoms with Crippen LogP contribution in [0.2, 0.25) is 0 Å². The van der Waals surface area contributed by atoms with E-state index in [1.54, 1.807) is 19.0 Å². The highest BCUT2D eigenvalue weighted by Crippen LogP contribution is 2.65. The van der Waals surface area contributed by atoms with Crippen LogP contribution in [0.4, 0.5) is 0 Å². The summed E-state index contributed by atoms with van der Waals surface area (Å²) in [7, 11) is 0.269. The molecular formula is C27H25N2O2P. The van der Waals surface area contributed by atoms with Crippen LogP contribution in [0, 0.1) is 0 Å². The standard InChI is InChI=1S/C27H25N2O2P/c1-28(2)27(30)26-25(24-19-11-13-20-12-9-10-18-23(20)24)29(26)32(31,21-14-5-3-6-15-21)22-16-7-4-8-17-22/h3-19,25-26H,1-2H3/t25-,26+,29?/m0/s1. The zero-order valence-electron chi connectivity index (χ0n) is 18.1. The molecule has 5 rings (SSSR count). The smallest absolute Gasteiger partial charge is 0.241 e. The Bertz CT molecular complexity index is 1270. The second-order valence-electron chi connectivity index (χ2n) is 8.32. The molecule has 1 amide bonds. The molecule has 4 nitrogen and oxygen atoms in total. The Balaban J connectivity index is 1.72. The molecule has 1 heterocycles. The number of nitrogens with zero attached hydrogens (tertiary/aromatic N) is 2. The lowest BCUT2D eigenvalue weighted by Gasteiger charge is -2.22. The van der Waals surface area contributed by atoms with Crippen LogP contribution in [0.25, 0.3) is 10.8 Å². The average Bonchev–Trinajstić information content (AvgIpc) is 3.59. The van der Waals surface area contributed by atoms with Gasteiger partial charge in [0.1, 0.15) is 6.04 Å². The second-order valence-corrected chi connectivity index (χ2v) is 11.0. The minimum atomic E-state index is -3.25. The van der Waals surface area contributed by atoms with Gasteiger partial charge in [0.25, 0.3) is 0 Å². The van der Waals surface area contributed by atoms with Crippen molar-refractivity contribution in [1.82, 2.24) is 9.57 Å². The summed E-state index contributed by atoms with van der Waals surface area (Å²) in [6, 6.07) is 32.7. The molecular weight excluding hydrogens is 415 g/mol. The summed E-state index contributed by atoms with van der Waals surface area (Å²) in [5.41, 5.74) is 1.04. The molecule has 4 aromatic rings. The molecule has 1 unspecified atom stereocenters. The van der Waals surface area contributed by atoms with Crippen molar-refractivity contribution in [3.63, 3.8) is 0 Å². The maximum atomic E-state index is 15.0. The Morgan fingerprint density at radius 3 is 1.88 bits per heavy atom. The molecule has 0 N–H and O–H groups in total. The maximum absolute atomic E-state index is 15.0. The van der Waals surface area contributed by atoms with Gasteiger partial charge in [0, 0.05) is 24.7 Å². The van der Waals surface area contributed by atoms with E-state index < -0.39 is 13.3 Å². The van der Waals surface area contributed by atoms with Gasteiger partial charge in [-0.25, -0.2) is 4.67 Å². The predicted octanol–water partition coefficient (Wildman–Crippen LogP) is 4.58. The second kappa shape index (κ2) is 8.05. The van der Waals surface area contributed by atoms with Gasteiger partial charge in [-0.15, -0.1) is 0 Å². The number of benzene rings is 4. The molecule has 3 atom stereocenters. The largest absolute Gasteiger partial charge is 0.347 e. The number of amides is 1. The van der Waals surface area contributed by atoms with E-state index in [4.69, 9.17) is 0 Å². The van der Waals surface area contributed by atoms with Gasteiger partial charge >= 0.3 is 0 Å². The number of carbonyl (C=O) groups is 1. The lowest BCUT2D eigenvalue weighted by atomic mass is 10.0. The van der Waals surface area contributed by atoms with Gasteiger partial charge in [0.05, 0.1) is 6.04 Å². The molecule has 1 aliphatic heterocycles. The molecule has 0 saturated carbocycles. The van der Waals surface area contributed by atoms with E-state index in [0.29, 0.717) is 0 Å². The van der Waals surface area contributed by atoms with E-state index in [-0.39, 0.29) is 11.9 Å². The van der Waals surface area contributed by atoms with Crippen LogP contribution in [0.15, 0.2) is 103 Å². The van der Waals surface area contributed by atoms with Gasteiger partial charge in [-0.05, 0) is 40.6 Å². The van der Waals surface area contributed by atoms with Crippen LogP contribution in [0.5, 0.6) is 0 Å². The number of rotatable bonds is 5. The van der Waals surface area contributed by atoms with Crippen LogP contribution >= 0.6 is 7.29 Å². The van der Waals surface area contributed by atoms with E-state index in [1.165, 1.54) is 0 Å². The molecule has 0 aliphatic carbocycles. The first-order valence-electron chi connectivity index (χ1n) is 10.7. The average molecular weight is 440 g/mol. The van der Waals surface area contributed by atoms with Gasteiger partial charge in [-0.3, -0.25) is 9.36 Å². The van der Waals surface area contributed by atoms with Crippen molar-refractivity contribution >= 4 is 34.6 Å². The van der Waals surface area contributed by atoms with Crippen LogP contribution in [-0.2, 0) is 9.36 Å². The first kappa shape index (κ1) is 20.7. The molecule has 160 valence electrons. The third kappa shape index (κ3) is 3.28. The Hall–Kier alpha value is -3.20. The molecule has 1 aliphatic rings. The van der Waals surface area contributed by atoms with Crippen molar-refractivity contribution in [2.45, 2.75) is 12.1 Å². The van der Waals surface area contributed by atoms with Crippen molar-refractivity contribution in [3.8, 4) is 0 Å². The first-order valence-corrected chi connectivity index (χ1v) is 12.4. The molecule has 1 fully saturated rings. The van der Waals surface area contributed by atoms with Gasteiger partial charge in [-0.1, -0.05) is 78.9 Å². The first-order chi connectivity index (χ1) is 15.5. The zero-order chi connectivity index (χ0) is 22.3. The molecule has 4 aromatic carbocycles. The van der Waals surface area contributed by atoms with Gasteiger partial charge in [-0.2, -0.15) is 0 Å². The summed E-state index contributed by atoms with van der Waals surface area (Å²) >= 11 is 0. The fraction of sp³-hybridized carbons (Fsp3) is 0.148. The Labute approximate surface area is 188 Å². The number of carbonyl (C=O) groups excluding carboxylic acids is 1. The third-order valence-corrected chi connectivity index (χ3v) is 9.30. The van der Waals surface area contributed by atoms with Crippen LogP contribution in [0.3, 0.4) is 0 Å². The number of likely N-dealkylation sites (N-methyl/N-ethyl adjacent to an activating group) is 1. The van der Waals surface area contributed by atoms with Crippen LogP contribution < -0.4 is 10.6 Å². The highest BCUT2D eigenvalue weighted by Gasteiger charge is 2.62. The van der Waals surface area contributed by atoms with Gasteiger partial charge in [0.2, 0.25) is 13.2 Å². The summed E-state index contributed by atoms with van der Waals surface area (Å²) in [6.07, 6.45) is 0. The SMILES string of the molecule is CN(C)C(=O)[C@H]1[C@H](c2cccc3ccccc23)N1P(=O)(c1ccccc1)c1ccccc1. The molecule has 1 saturated heterocycles. The maximum Gasteiger partial charge on any atom is 0.241 e. The van der Waals surface area contributed by atoms with E-state index in [0.717, 1.165) is 26.9 Å². The van der Waals surface area contributed by atoms with E-state index in [2.05, 4.69) is 24.3 Å². The summed E-state index contributed by atoms with van der Waals surface area (Å²) in [6.45, 7) is 0. The van der Waals surface area contributed by atoms with Crippen molar-refractivity contribution in [1.29, 1.82) is 0 Å². The molecule has 32 heavy (non-hydrogen) atoms. The molecule has 0 radical (unpaired) electrons. The summed E-state index contributed by atoms with van der Waals surface area (Å²) in [4.78, 5) is 14.9. The fourth-order valence-corrected chi connectivity index (χ4v) is 7.68. The van der Waals surface area contributed by atoms with Crippen molar-refractivity contribution in [2.75, 3.05) is 14.1 Å². The highest BCUT2D eigenvalue weighted by atomic mass is 31.2.